The van der Waals surface area contributed by atoms with E-state index in [1.165, 1.54) is 11.0 Å². The number of nitrogens with zero attached hydrogens (tertiary/aromatic N) is 3. The number of carbonyl (C=O) groups excluding carboxylic acids is 3. The van der Waals surface area contributed by atoms with Gasteiger partial charge >= 0.3 is 5.97 Å². The molecule has 11 heteroatoms. The molecule has 3 amide bonds. The second-order valence-electron chi connectivity index (χ2n) is 14.8. The van der Waals surface area contributed by atoms with Gasteiger partial charge in [0.2, 0.25) is 17.7 Å². The lowest BCUT2D eigenvalue weighted by Gasteiger charge is -2.35. The molecule has 6 rings (SSSR count). The molecule has 3 heterocycles. The Balaban J connectivity index is 1.34. The van der Waals surface area contributed by atoms with Crippen molar-refractivity contribution in [1.82, 2.24) is 20.1 Å². The Bertz CT molecular complexity index is 1800. The molecule has 1 saturated carbocycles. The molecule has 2 N–H and O–H groups in total. The second-order valence-corrected chi connectivity index (χ2v) is 14.8. The molecule has 11 nitrogen and oxygen atoms in total. The number of aromatic nitrogens is 1. The van der Waals surface area contributed by atoms with E-state index in [1.807, 2.05) is 75.4 Å². The first kappa shape index (κ1) is 34.9. The summed E-state index contributed by atoms with van der Waals surface area (Å²) in [5.41, 5.74) is 0.166. The van der Waals surface area contributed by atoms with Crippen molar-refractivity contribution in [2.75, 3.05) is 26.7 Å². The van der Waals surface area contributed by atoms with Crippen LogP contribution in [0.5, 0.6) is 11.5 Å². The van der Waals surface area contributed by atoms with Crippen LogP contribution in [-0.4, -0.2) is 88.0 Å². The summed E-state index contributed by atoms with van der Waals surface area (Å²) in [6, 6.07) is 16.1. The number of carbonyl (C=O) groups is 4. The quantitative estimate of drug-likeness (QED) is 0.267. The number of likely N-dealkylation sites (tertiary alicyclic amines) is 2. The zero-order chi connectivity index (χ0) is 35.8. The Hall–Kier alpha value is -4.93. The van der Waals surface area contributed by atoms with Crippen molar-refractivity contribution in [1.29, 1.82) is 0 Å². The van der Waals surface area contributed by atoms with Gasteiger partial charge in [-0.05, 0) is 36.8 Å². The molecule has 1 aromatic heterocycles. The number of ether oxygens (including phenoxy) is 2. The molecule has 0 spiro atoms. The molecule has 5 atom stereocenters. The van der Waals surface area contributed by atoms with E-state index in [4.69, 9.17) is 14.5 Å². The molecular formula is C39H46N4O7. The van der Waals surface area contributed by atoms with E-state index in [9.17, 15) is 24.3 Å². The molecule has 2 aromatic carbocycles. The second kappa shape index (κ2) is 13.8. The third kappa shape index (κ3) is 6.90. The van der Waals surface area contributed by atoms with E-state index in [2.05, 4.69) is 11.9 Å². The van der Waals surface area contributed by atoms with Gasteiger partial charge in [-0.15, -0.1) is 6.58 Å². The van der Waals surface area contributed by atoms with Crippen molar-refractivity contribution in [2.24, 2.45) is 17.3 Å². The summed E-state index contributed by atoms with van der Waals surface area (Å²) in [7, 11) is 1.59. The molecule has 0 bridgehead atoms. The molecule has 2 aliphatic heterocycles. The van der Waals surface area contributed by atoms with Crippen molar-refractivity contribution in [3.05, 3.63) is 67.3 Å². The SMILES string of the molecule is C=CC1CC1(NC(=O)[C@@H]1C[C@@H](Oc2cc(-c3ccccc3)nc3cc(OC)ccc23)CN1C(=O)C(CC(=O)N1CCCC1)C(C)(C)C)C(=O)O. The van der Waals surface area contributed by atoms with Crippen molar-refractivity contribution < 1.29 is 33.8 Å². The van der Waals surface area contributed by atoms with Crippen LogP contribution < -0.4 is 14.8 Å². The molecule has 2 saturated heterocycles. The van der Waals surface area contributed by atoms with E-state index in [-0.39, 0.29) is 37.6 Å². The molecule has 264 valence electrons. The first-order valence-electron chi connectivity index (χ1n) is 17.3. The van der Waals surface area contributed by atoms with Gasteiger partial charge in [-0.25, -0.2) is 9.78 Å². The molecule has 3 fully saturated rings. The van der Waals surface area contributed by atoms with Crippen LogP contribution in [0.4, 0.5) is 0 Å². The van der Waals surface area contributed by atoms with Gasteiger partial charge in [0, 0.05) is 54.9 Å². The number of pyridine rings is 1. The van der Waals surface area contributed by atoms with Crippen LogP contribution in [0.15, 0.2) is 67.3 Å². The van der Waals surface area contributed by atoms with E-state index >= 15 is 0 Å². The number of carboxylic acid groups (broad SMARTS) is 1. The lowest BCUT2D eigenvalue weighted by atomic mass is 9.77. The van der Waals surface area contributed by atoms with Crippen LogP contribution in [-0.2, 0) is 19.2 Å². The normalized spacial score (nSPS) is 23.7. The first-order chi connectivity index (χ1) is 23.8. The van der Waals surface area contributed by atoms with Crippen LogP contribution in [0.2, 0.25) is 0 Å². The van der Waals surface area contributed by atoms with E-state index in [0.717, 1.165) is 23.8 Å². The van der Waals surface area contributed by atoms with Gasteiger partial charge in [0.15, 0.2) is 0 Å². The van der Waals surface area contributed by atoms with Crippen LogP contribution in [0.25, 0.3) is 22.2 Å². The Morgan fingerprint density at radius 1 is 1.10 bits per heavy atom. The summed E-state index contributed by atoms with van der Waals surface area (Å²) >= 11 is 0. The summed E-state index contributed by atoms with van der Waals surface area (Å²) in [4.78, 5) is 62.5. The predicted octanol–water partition coefficient (Wildman–Crippen LogP) is 5.08. The van der Waals surface area contributed by atoms with E-state index in [0.29, 0.717) is 35.8 Å². The van der Waals surface area contributed by atoms with Crippen molar-refractivity contribution in [3.8, 4) is 22.8 Å². The summed E-state index contributed by atoms with van der Waals surface area (Å²) in [6.45, 7) is 10.9. The van der Waals surface area contributed by atoms with Crippen molar-refractivity contribution in [3.63, 3.8) is 0 Å². The Morgan fingerprint density at radius 2 is 1.82 bits per heavy atom. The molecular weight excluding hydrogens is 636 g/mol. The highest BCUT2D eigenvalue weighted by atomic mass is 16.5. The maximum absolute atomic E-state index is 14.6. The van der Waals surface area contributed by atoms with Gasteiger partial charge in [0.1, 0.15) is 29.2 Å². The number of rotatable bonds is 11. The maximum Gasteiger partial charge on any atom is 0.330 e. The molecule has 50 heavy (non-hydrogen) atoms. The fourth-order valence-electron chi connectivity index (χ4n) is 7.27. The van der Waals surface area contributed by atoms with Gasteiger partial charge in [-0.1, -0.05) is 57.2 Å². The third-order valence-corrected chi connectivity index (χ3v) is 10.4. The van der Waals surface area contributed by atoms with Crippen molar-refractivity contribution >= 4 is 34.6 Å². The Kier molecular flexibility index (Phi) is 9.61. The number of benzene rings is 2. The number of fused-ring (bicyclic) bond motifs is 1. The average molecular weight is 683 g/mol. The third-order valence-electron chi connectivity index (χ3n) is 10.4. The topological polar surface area (TPSA) is 138 Å². The number of methoxy groups -OCH3 is 1. The lowest BCUT2D eigenvalue weighted by Crippen LogP contribution is -2.54. The monoisotopic (exact) mass is 682 g/mol. The minimum absolute atomic E-state index is 0.0214. The molecule has 3 unspecified atom stereocenters. The first-order valence-corrected chi connectivity index (χ1v) is 17.3. The maximum atomic E-state index is 14.6. The van der Waals surface area contributed by atoms with Gasteiger partial charge in [-0.3, -0.25) is 14.4 Å². The minimum Gasteiger partial charge on any atom is -0.497 e. The molecule has 0 radical (unpaired) electrons. The minimum atomic E-state index is -1.47. The standard InChI is InChI=1S/C39H46N4O7/c1-6-25-22-39(25,37(47)48)41-35(45)32-19-27(23-43(32)36(46)29(38(2,3)4)20-34(44)42-16-10-11-17-42)50-33-21-30(24-12-8-7-9-13-24)40-31-18-26(49-5)14-15-28(31)33/h6-9,12-15,18,21,25,27,29,32H,1,10-11,16-17,19-20,22-23H2,2-5H3,(H,41,45)(H,47,48)/t25?,27-,29?,32+,39?/m1/s1. The number of hydrogen-bond donors (Lipinski definition) is 2. The van der Waals surface area contributed by atoms with E-state index in [1.54, 1.807) is 12.0 Å². The zero-order valence-electron chi connectivity index (χ0n) is 29.2. The summed E-state index contributed by atoms with van der Waals surface area (Å²) in [5.74, 6) is -2.07. The molecule has 3 aromatic rings. The number of amides is 3. The van der Waals surface area contributed by atoms with Gasteiger partial charge in [0.05, 0.1) is 30.8 Å². The Morgan fingerprint density at radius 3 is 2.44 bits per heavy atom. The largest absolute Gasteiger partial charge is 0.497 e. The number of carboxylic acids is 1. The average Bonchev–Trinajstić information content (AvgIpc) is 3.39. The molecule has 3 aliphatic rings. The van der Waals surface area contributed by atoms with Crippen LogP contribution >= 0.6 is 0 Å². The van der Waals surface area contributed by atoms with Crippen LogP contribution in [0, 0.1) is 17.3 Å². The van der Waals surface area contributed by atoms with Gasteiger partial charge < -0.3 is 29.7 Å². The number of hydrogen-bond acceptors (Lipinski definition) is 7. The lowest BCUT2D eigenvalue weighted by molar-refractivity contribution is -0.149. The van der Waals surface area contributed by atoms with Crippen molar-refractivity contribution in [2.45, 2.75) is 70.6 Å². The number of nitrogens with one attached hydrogen (secondary N) is 1. The highest BCUT2D eigenvalue weighted by molar-refractivity contribution is 5.96. The highest BCUT2D eigenvalue weighted by Crippen LogP contribution is 2.45. The van der Waals surface area contributed by atoms with Gasteiger partial charge in [0.25, 0.3) is 0 Å². The van der Waals surface area contributed by atoms with E-state index < -0.39 is 46.8 Å². The smallest absolute Gasteiger partial charge is 0.330 e. The summed E-state index contributed by atoms with van der Waals surface area (Å²) < 4.78 is 12.2. The highest BCUT2D eigenvalue weighted by Gasteiger charge is 2.61. The van der Waals surface area contributed by atoms with Crippen LogP contribution in [0.1, 0.15) is 52.9 Å². The summed E-state index contributed by atoms with van der Waals surface area (Å²) in [6.07, 6.45) is 3.17. The fraction of sp³-hybridized carbons (Fsp3) is 0.462. The number of aliphatic carboxylic acids is 1. The molecule has 1 aliphatic carbocycles. The Labute approximate surface area is 292 Å². The summed E-state index contributed by atoms with van der Waals surface area (Å²) in [5, 5.41) is 13.5. The van der Waals surface area contributed by atoms with Gasteiger partial charge in [-0.2, -0.15) is 0 Å². The zero-order valence-corrected chi connectivity index (χ0v) is 29.2. The predicted molar refractivity (Wildman–Crippen MR) is 188 cm³/mol. The fourth-order valence-corrected chi connectivity index (χ4v) is 7.27. The van der Waals surface area contributed by atoms with Crippen LogP contribution in [0.3, 0.4) is 0 Å².